The monoisotopic (exact) mass is 337 g/mol. The van der Waals surface area contributed by atoms with E-state index in [1.54, 1.807) is 16.9 Å². The molecular formula is C17H15N5O3. The highest BCUT2D eigenvalue weighted by molar-refractivity contribution is 6.10. The average molecular weight is 337 g/mol. The first-order valence-electron chi connectivity index (χ1n) is 7.59. The highest BCUT2D eigenvalue weighted by Crippen LogP contribution is 2.35. The number of aromatic amines is 1. The highest BCUT2D eigenvalue weighted by atomic mass is 16.5. The Morgan fingerprint density at radius 2 is 2.16 bits per heavy atom. The number of hydrogen-bond donors (Lipinski definition) is 2. The summed E-state index contributed by atoms with van der Waals surface area (Å²) in [6.45, 7) is 1.89. The summed E-state index contributed by atoms with van der Waals surface area (Å²) in [5.41, 5.74) is 4.82. The SMILES string of the molecule is COc1c(C(=O)O)ccc2c1[nH]c1cc(-c3c(C)nnn3C)cnc12. The van der Waals surface area contributed by atoms with E-state index < -0.39 is 5.97 Å². The van der Waals surface area contributed by atoms with Gasteiger partial charge in [-0.15, -0.1) is 5.10 Å². The fourth-order valence-electron chi connectivity index (χ4n) is 3.18. The van der Waals surface area contributed by atoms with Crippen LogP contribution in [0.1, 0.15) is 16.1 Å². The van der Waals surface area contributed by atoms with Gasteiger partial charge in [-0.1, -0.05) is 5.21 Å². The van der Waals surface area contributed by atoms with E-state index in [0.717, 1.165) is 33.4 Å². The lowest BCUT2D eigenvalue weighted by molar-refractivity contribution is 0.0693. The number of ether oxygens (including phenoxy) is 1. The second-order valence-electron chi connectivity index (χ2n) is 5.77. The molecule has 3 heterocycles. The standard InChI is InChI=1S/C17H15N5O3/c1-8-15(22(2)21-20-8)9-6-12-13(18-7-9)10-4-5-11(17(23)24)16(25-3)14(10)19-12/h4-7,19H,1-3H3,(H,23,24). The van der Waals surface area contributed by atoms with Crippen molar-refractivity contribution in [1.82, 2.24) is 25.0 Å². The molecule has 25 heavy (non-hydrogen) atoms. The third-order valence-electron chi connectivity index (χ3n) is 4.26. The molecule has 0 saturated heterocycles. The van der Waals surface area contributed by atoms with Gasteiger partial charge in [-0.25, -0.2) is 9.48 Å². The molecule has 4 aromatic rings. The zero-order valence-electron chi connectivity index (χ0n) is 13.9. The normalized spacial score (nSPS) is 11.3. The molecule has 0 radical (unpaired) electrons. The average Bonchev–Trinajstić information content (AvgIpc) is 3.12. The van der Waals surface area contributed by atoms with Gasteiger partial charge < -0.3 is 14.8 Å². The van der Waals surface area contributed by atoms with Crippen LogP contribution in [0.2, 0.25) is 0 Å². The van der Waals surface area contributed by atoms with Crippen molar-refractivity contribution in [2.24, 2.45) is 7.05 Å². The maximum absolute atomic E-state index is 11.4. The predicted molar refractivity (Wildman–Crippen MR) is 91.8 cm³/mol. The summed E-state index contributed by atoms with van der Waals surface area (Å²) < 4.78 is 7.02. The molecule has 2 N–H and O–H groups in total. The van der Waals surface area contributed by atoms with Crippen molar-refractivity contribution < 1.29 is 14.6 Å². The number of H-pyrrole nitrogens is 1. The summed E-state index contributed by atoms with van der Waals surface area (Å²) in [5.74, 6) is -0.745. The van der Waals surface area contributed by atoms with Gasteiger partial charge in [-0.05, 0) is 25.1 Å². The molecule has 3 aromatic heterocycles. The molecule has 0 aliphatic rings. The van der Waals surface area contributed by atoms with Gasteiger partial charge >= 0.3 is 5.97 Å². The molecule has 126 valence electrons. The topological polar surface area (TPSA) is 106 Å². The Hall–Kier alpha value is -3.42. The Balaban J connectivity index is 2.01. The molecule has 1 aromatic carbocycles. The Bertz CT molecular complexity index is 1120. The molecule has 0 amide bonds. The number of aryl methyl sites for hydroxylation is 2. The minimum atomic E-state index is -1.04. The quantitative estimate of drug-likeness (QED) is 0.595. The van der Waals surface area contributed by atoms with Crippen molar-refractivity contribution in [3.05, 3.63) is 35.7 Å². The van der Waals surface area contributed by atoms with E-state index in [1.807, 2.05) is 20.0 Å². The fourth-order valence-corrected chi connectivity index (χ4v) is 3.18. The molecule has 0 atom stereocenters. The summed E-state index contributed by atoms with van der Waals surface area (Å²) in [4.78, 5) is 19.2. The molecular weight excluding hydrogens is 322 g/mol. The number of pyridine rings is 1. The highest BCUT2D eigenvalue weighted by Gasteiger charge is 2.19. The lowest BCUT2D eigenvalue weighted by Crippen LogP contribution is -2.00. The number of aromatic nitrogens is 5. The van der Waals surface area contributed by atoms with Crippen LogP contribution in [0.3, 0.4) is 0 Å². The number of nitrogens with one attached hydrogen (secondary N) is 1. The minimum Gasteiger partial charge on any atom is -0.494 e. The van der Waals surface area contributed by atoms with Gasteiger partial charge in [-0.2, -0.15) is 0 Å². The molecule has 0 spiro atoms. The van der Waals surface area contributed by atoms with E-state index >= 15 is 0 Å². The van der Waals surface area contributed by atoms with Crippen LogP contribution in [-0.2, 0) is 7.05 Å². The molecule has 0 fully saturated rings. The Labute approximate surface area is 142 Å². The molecule has 0 saturated carbocycles. The van der Waals surface area contributed by atoms with E-state index in [0.29, 0.717) is 11.3 Å². The second kappa shape index (κ2) is 5.30. The van der Waals surface area contributed by atoms with Crippen LogP contribution in [0.4, 0.5) is 0 Å². The Kier molecular flexibility index (Phi) is 3.21. The van der Waals surface area contributed by atoms with Gasteiger partial charge in [-0.3, -0.25) is 4.98 Å². The third kappa shape index (κ3) is 2.14. The minimum absolute atomic E-state index is 0.105. The van der Waals surface area contributed by atoms with Crippen molar-refractivity contribution in [2.75, 3.05) is 7.11 Å². The number of carboxylic acid groups (broad SMARTS) is 1. The summed E-state index contributed by atoms with van der Waals surface area (Å²) >= 11 is 0. The third-order valence-corrected chi connectivity index (χ3v) is 4.26. The van der Waals surface area contributed by atoms with Crippen molar-refractivity contribution in [2.45, 2.75) is 6.92 Å². The van der Waals surface area contributed by atoms with Crippen molar-refractivity contribution >= 4 is 27.9 Å². The van der Waals surface area contributed by atoms with Crippen LogP contribution in [0.5, 0.6) is 5.75 Å². The van der Waals surface area contributed by atoms with E-state index in [9.17, 15) is 9.90 Å². The molecule has 0 aliphatic heterocycles. The number of carbonyl (C=O) groups is 1. The summed E-state index contributed by atoms with van der Waals surface area (Å²) in [5, 5.41) is 18.2. The first kappa shape index (κ1) is 15.1. The Morgan fingerprint density at radius 1 is 1.36 bits per heavy atom. The van der Waals surface area contributed by atoms with Gasteiger partial charge in [0.25, 0.3) is 0 Å². The van der Waals surface area contributed by atoms with Gasteiger partial charge in [0.1, 0.15) is 5.56 Å². The first-order valence-corrected chi connectivity index (χ1v) is 7.59. The fraction of sp³-hybridized carbons (Fsp3) is 0.176. The molecule has 0 aliphatic carbocycles. The van der Waals surface area contributed by atoms with Crippen LogP contribution >= 0.6 is 0 Å². The van der Waals surface area contributed by atoms with Crippen molar-refractivity contribution in [3.63, 3.8) is 0 Å². The first-order chi connectivity index (χ1) is 12.0. The summed E-state index contributed by atoms with van der Waals surface area (Å²) in [7, 11) is 3.28. The predicted octanol–water partition coefficient (Wildman–Crippen LogP) is 2.53. The van der Waals surface area contributed by atoms with Gasteiger partial charge in [0.2, 0.25) is 0 Å². The largest absolute Gasteiger partial charge is 0.494 e. The van der Waals surface area contributed by atoms with E-state index in [2.05, 4.69) is 20.3 Å². The van der Waals surface area contributed by atoms with Crippen LogP contribution in [0.25, 0.3) is 33.2 Å². The van der Waals surface area contributed by atoms with E-state index in [4.69, 9.17) is 4.74 Å². The van der Waals surface area contributed by atoms with Crippen LogP contribution in [-0.4, -0.2) is 43.1 Å². The Morgan fingerprint density at radius 3 is 2.80 bits per heavy atom. The molecule has 0 bridgehead atoms. The molecule has 8 nitrogen and oxygen atoms in total. The molecule has 8 heteroatoms. The van der Waals surface area contributed by atoms with Crippen LogP contribution < -0.4 is 4.74 Å². The summed E-state index contributed by atoms with van der Waals surface area (Å²) in [6, 6.07) is 5.22. The maximum Gasteiger partial charge on any atom is 0.339 e. The lowest BCUT2D eigenvalue weighted by atomic mass is 10.1. The number of methoxy groups -OCH3 is 1. The second-order valence-corrected chi connectivity index (χ2v) is 5.77. The van der Waals surface area contributed by atoms with Gasteiger partial charge in [0, 0.05) is 24.2 Å². The van der Waals surface area contributed by atoms with Crippen LogP contribution in [0, 0.1) is 6.92 Å². The maximum atomic E-state index is 11.4. The van der Waals surface area contributed by atoms with Gasteiger partial charge in [0.15, 0.2) is 5.75 Å². The number of hydrogen-bond acceptors (Lipinski definition) is 5. The van der Waals surface area contributed by atoms with Gasteiger partial charge in [0.05, 0.1) is 35.0 Å². The van der Waals surface area contributed by atoms with E-state index in [1.165, 1.54) is 13.2 Å². The number of aromatic carboxylic acids is 1. The van der Waals surface area contributed by atoms with Crippen molar-refractivity contribution in [3.8, 4) is 17.0 Å². The number of carboxylic acids is 1. The number of benzene rings is 1. The molecule has 4 rings (SSSR count). The number of rotatable bonds is 3. The van der Waals surface area contributed by atoms with E-state index in [-0.39, 0.29) is 5.56 Å². The smallest absolute Gasteiger partial charge is 0.339 e. The zero-order valence-corrected chi connectivity index (χ0v) is 13.9. The van der Waals surface area contributed by atoms with Crippen molar-refractivity contribution in [1.29, 1.82) is 0 Å². The molecule has 0 unspecified atom stereocenters. The summed E-state index contributed by atoms with van der Waals surface area (Å²) in [6.07, 6.45) is 1.76. The number of fused-ring (bicyclic) bond motifs is 3. The zero-order chi connectivity index (χ0) is 17.7. The lowest BCUT2D eigenvalue weighted by Gasteiger charge is -2.05. The van der Waals surface area contributed by atoms with Crippen LogP contribution in [0.15, 0.2) is 24.4 Å². The number of nitrogens with zero attached hydrogens (tertiary/aromatic N) is 4.